The zero-order valence-electron chi connectivity index (χ0n) is 12.0. The zero-order chi connectivity index (χ0) is 16.1. The van der Waals surface area contributed by atoms with Crippen LogP contribution in [0.4, 0.5) is 5.69 Å². The Morgan fingerprint density at radius 1 is 0.913 bits per heavy atom. The molecule has 0 aliphatic rings. The van der Waals surface area contributed by atoms with Crippen LogP contribution < -0.4 is 15.6 Å². The summed E-state index contributed by atoms with van der Waals surface area (Å²) in [4.78, 5) is 22.9. The number of carbonyl (C=O) groups is 1. The molecule has 1 heterocycles. The lowest BCUT2D eigenvalue weighted by Gasteiger charge is -2.07. The third-order valence-corrected chi connectivity index (χ3v) is 3.00. The number of benzene rings is 2. The largest absolute Gasteiger partial charge is 0.457 e. The van der Waals surface area contributed by atoms with Crippen LogP contribution in [-0.2, 0) is 0 Å². The SMILES string of the molecule is O=C(Nc1ccc(Oc2ccccc2)cc1)c1ccc(=O)[nH]n1. The summed E-state index contributed by atoms with van der Waals surface area (Å²) in [6.45, 7) is 0. The van der Waals surface area contributed by atoms with Crippen molar-refractivity contribution < 1.29 is 9.53 Å². The molecule has 23 heavy (non-hydrogen) atoms. The lowest BCUT2D eigenvalue weighted by atomic mass is 10.3. The van der Waals surface area contributed by atoms with Gasteiger partial charge in [-0.15, -0.1) is 0 Å². The molecule has 0 unspecified atom stereocenters. The Morgan fingerprint density at radius 3 is 2.26 bits per heavy atom. The third-order valence-electron chi connectivity index (χ3n) is 3.00. The van der Waals surface area contributed by atoms with Gasteiger partial charge in [0.1, 0.15) is 17.2 Å². The maximum absolute atomic E-state index is 12.0. The van der Waals surface area contributed by atoms with Gasteiger partial charge >= 0.3 is 0 Å². The van der Waals surface area contributed by atoms with E-state index in [9.17, 15) is 9.59 Å². The van der Waals surface area contributed by atoms with Crippen LogP contribution in [0.2, 0.25) is 0 Å². The van der Waals surface area contributed by atoms with Crippen molar-refractivity contribution in [3.8, 4) is 11.5 Å². The standard InChI is InChI=1S/C17H13N3O3/c21-16-11-10-15(19-20-16)17(22)18-12-6-8-14(9-7-12)23-13-4-2-1-3-5-13/h1-11H,(H,18,22)(H,20,21). The maximum Gasteiger partial charge on any atom is 0.276 e. The summed E-state index contributed by atoms with van der Waals surface area (Å²) in [5.41, 5.74) is 0.376. The van der Waals surface area contributed by atoms with Gasteiger partial charge in [-0.1, -0.05) is 18.2 Å². The van der Waals surface area contributed by atoms with Crippen LogP contribution in [-0.4, -0.2) is 16.1 Å². The molecule has 2 N–H and O–H groups in total. The summed E-state index contributed by atoms with van der Waals surface area (Å²) in [6, 6.07) is 19.0. The normalized spacial score (nSPS) is 10.1. The van der Waals surface area contributed by atoms with Crippen molar-refractivity contribution in [2.75, 3.05) is 5.32 Å². The molecular formula is C17H13N3O3. The van der Waals surface area contributed by atoms with Crippen molar-refractivity contribution >= 4 is 11.6 Å². The zero-order valence-corrected chi connectivity index (χ0v) is 12.0. The number of aromatic nitrogens is 2. The van der Waals surface area contributed by atoms with Crippen LogP contribution >= 0.6 is 0 Å². The second kappa shape index (κ2) is 6.57. The van der Waals surface area contributed by atoms with E-state index in [1.54, 1.807) is 24.3 Å². The Morgan fingerprint density at radius 2 is 1.61 bits per heavy atom. The summed E-state index contributed by atoms with van der Waals surface area (Å²) in [7, 11) is 0. The minimum atomic E-state index is -0.405. The molecule has 1 amide bonds. The molecule has 0 saturated carbocycles. The van der Waals surface area contributed by atoms with Crippen molar-refractivity contribution in [1.29, 1.82) is 0 Å². The van der Waals surface area contributed by atoms with Gasteiger partial charge in [0.25, 0.3) is 11.5 Å². The number of H-pyrrole nitrogens is 1. The van der Waals surface area contributed by atoms with Gasteiger partial charge in [0, 0.05) is 11.8 Å². The predicted molar refractivity (Wildman–Crippen MR) is 85.8 cm³/mol. The van der Waals surface area contributed by atoms with E-state index in [1.165, 1.54) is 12.1 Å². The van der Waals surface area contributed by atoms with Crippen molar-refractivity contribution in [3.63, 3.8) is 0 Å². The number of anilines is 1. The fourth-order valence-corrected chi connectivity index (χ4v) is 1.90. The molecule has 0 spiro atoms. The molecule has 6 heteroatoms. The predicted octanol–water partition coefficient (Wildman–Crippen LogP) is 2.81. The summed E-state index contributed by atoms with van der Waals surface area (Å²) in [5.74, 6) is 0.996. The fraction of sp³-hybridized carbons (Fsp3) is 0. The first-order valence-corrected chi connectivity index (χ1v) is 6.91. The Balaban J connectivity index is 1.66. The third kappa shape index (κ3) is 3.82. The molecule has 0 saturated heterocycles. The molecule has 0 atom stereocenters. The number of nitrogens with zero attached hydrogens (tertiary/aromatic N) is 1. The van der Waals surface area contributed by atoms with Gasteiger partial charge in [0.05, 0.1) is 0 Å². The summed E-state index contributed by atoms with van der Waals surface area (Å²) >= 11 is 0. The molecule has 0 radical (unpaired) electrons. The summed E-state index contributed by atoms with van der Waals surface area (Å²) < 4.78 is 5.67. The van der Waals surface area contributed by atoms with Crippen LogP contribution in [0.15, 0.2) is 71.5 Å². The van der Waals surface area contributed by atoms with Crippen LogP contribution in [0.5, 0.6) is 11.5 Å². The smallest absolute Gasteiger partial charge is 0.276 e. The van der Waals surface area contributed by atoms with Crippen molar-refractivity contribution in [3.05, 3.63) is 82.8 Å². The van der Waals surface area contributed by atoms with Gasteiger partial charge in [-0.05, 0) is 42.5 Å². The molecule has 0 fully saturated rings. The van der Waals surface area contributed by atoms with Crippen molar-refractivity contribution in [1.82, 2.24) is 10.2 Å². The number of hydrogen-bond donors (Lipinski definition) is 2. The summed E-state index contributed by atoms with van der Waals surface area (Å²) in [6.07, 6.45) is 0. The number of rotatable bonds is 4. The second-order valence-electron chi connectivity index (χ2n) is 4.70. The van der Waals surface area contributed by atoms with Gasteiger partial charge < -0.3 is 10.1 Å². The Bertz CT molecular complexity index is 838. The highest BCUT2D eigenvalue weighted by Gasteiger charge is 2.07. The first kappa shape index (κ1) is 14.5. The van der Waals surface area contributed by atoms with Crippen LogP contribution in [0.1, 0.15) is 10.5 Å². The lowest BCUT2D eigenvalue weighted by Crippen LogP contribution is -2.17. The topological polar surface area (TPSA) is 84.1 Å². The van der Waals surface area contributed by atoms with Crippen molar-refractivity contribution in [2.45, 2.75) is 0 Å². The van der Waals surface area contributed by atoms with E-state index in [4.69, 9.17) is 4.74 Å². The number of nitrogens with one attached hydrogen (secondary N) is 2. The molecule has 0 bridgehead atoms. The van der Waals surface area contributed by atoms with E-state index in [-0.39, 0.29) is 11.3 Å². The Labute approximate surface area is 131 Å². The van der Waals surface area contributed by atoms with Gasteiger partial charge in [-0.2, -0.15) is 5.10 Å². The first-order chi connectivity index (χ1) is 11.2. The van der Waals surface area contributed by atoms with E-state index in [1.807, 2.05) is 30.3 Å². The number of ether oxygens (including phenoxy) is 1. The van der Waals surface area contributed by atoms with Gasteiger partial charge in [-0.25, -0.2) is 5.10 Å². The number of para-hydroxylation sites is 1. The highest BCUT2D eigenvalue weighted by molar-refractivity contribution is 6.02. The number of aromatic amines is 1. The Kier molecular flexibility index (Phi) is 4.15. The van der Waals surface area contributed by atoms with E-state index >= 15 is 0 Å². The molecule has 2 aromatic carbocycles. The van der Waals surface area contributed by atoms with E-state index in [0.717, 1.165) is 5.75 Å². The average molecular weight is 307 g/mol. The quantitative estimate of drug-likeness (QED) is 0.776. The highest BCUT2D eigenvalue weighted by Crippen LogP contribution is 2.22. The molecular weight excluding hydrogens is 294 g/mol. The Hall–Kier alpha value is -3.41. The maximum atomic E-state index is 12.0. The number of amides is 1. The minimum Gasteiger partial charge on any atom is -0.457 e. The fourth-order valence-electron chi connectivity index (χ4n) is 1.90. The number of hydrogen-bond acceptors (Lipinski definition) is 4. The first-order valence-electron chi connectivity index (χ1n) is 6.91. The van der Waals surface area contributed by atoms with Gasteiger partial charge in [0.2, 0.25) is 0 Å². The number of carbonyl (C=O) groups excluding carboxylic acids is 1. The monoisotopic (exact) mass is 307 g/mol. The van der Waals surface area contributed by atoms with Crippen LogP contribution in [0.3, 0.4) is 0 Å². The van der Waals surface area contributed by atoms with Crippen molar-refractivity contribution in [2.24, 2.45) is 0 Å². The lowest BCUT2D eigenvalue weighted by molar-refractivity contribution is 0.102. The summed E-state index contributed by atoms with van der Waals surface area (Å²) in [5, 5.41) is 8.58. The molecule has 1 aromatic heterocycles. The van der Waals surface area contributed by atoms with E-state index in [0.29, 0.717) is 11.4 Å². The minimum absolute atomic E-state index is 0.134. The van der Waals surface area contributed by atoms with E-state index < -0.39 is 5.91 Å². The average Bonchev–Trinajstić information content (AvgIpc) is 2.58. The van der Waals surface area contributed by atoms with Crippen LogP contribution in [0, 0.1) is 0 Å². The molecule has 0 aliphatic heterocycles. The molecule has 114 valence electrons. The van der Waals surface area contributed by atoms with Crippen LogP contribution in [0.25, 0.3) is 0 Å². The van der Waals surface area contributed by atoms with E-state index in [2.05, 4.69) is 15.5 Å². The molecule has 3 aromatic rings. The molecule has 0 aliphatic carbocycles. The molecule has 6 nitrogen and oxygen atoms in total. The second-order valence-corrected chi connectivity index (χ2v) is 4.70. The molecule has 3 rings (SSSR count). The van der Waals surface area contributed by atoms with Gasteiger partial charge in [-0.3, -0.25) is 9.59 Å². The van der Waals surface area contributed by atoms with Gasteiger partial charge in [0.15, 0.2) is 0 Å². The highest BCUT2D eigenvalue weighted by atomic mass is 16.5.